The number of sulfonamides is 1. The number of benzene rings is 2. The molecule has 144 valence electrons. The molecule has 3 rings (SSSR count). The summed E-state index contributed by atoms with van der Waals surface area (Å²) in [6, 6.07) is 12.5. The zero-order valence-corrected chi connectivity index (χ0v) is 16.3. The lowest BCUT2D eigenvalue weighted by Crippen LogP contribution is -2.44. The number of nitrogens with zero attached hydrogens (tertiary/aromatic N) is 1. The number of hydrogen-bond donors (Lipinski definition) is 2. The maximum Gasteiger partial charge on any atom is 0.335 e. The van der Waals surface area contributed by atoms with Gasteiger partial charge < -0.3 is 5.11 Å². The molecule has 6 nitrogen and oxygen atoms in total. The molecule has 0 saturated heterocycles. The van der Waals surface area contributed by atoms with Crippen LogP contribution >= 0.6 is 0 Å². The number of carboxylic acid groups (broad SMARTS) is 1. The molecule has 1 aliphatic heterocycles. The zero-order chi connectivity index (χ0) is 19.6. The molecule has 0 amide bonds. The van der Waals surface area contributed by atoms with Gasteiger partial charge >= 0.3 is 5.97 Å². The first-order valence-corrected chi connectivity index (χ1v) is 10.4. The molecule has 2 N–H and O–H groups in total. The van der Waals surface area contributed by atoms with Crippen molar-refractivity contribution in [3.05, 3.63) is 64.7 Å². The van der Waals surface area contributed by atoms with Gasteiger partial charge in [0, 0.05) is 25.7 Å². The van der Waals surface area contributed by atoms with Crippen molar-refractivity contribution in [3.8, 4) is 0 Å². The molecular formula is C20H24N2O4S. The van der Waals surface area contributed by atoms with E-state index >= 15 is 0 Å². The van der Waals surface area contributed by atoms with Crippen LogP contribution in [0.15, 0.2) is 47.4 Å². The van der Waals surface area contributed by atoms with Crippen LogP contribution in [0.1, 0.15) is 34.0 Å². The predicted molar refractivity (Wildman–Crippen MR) is 103 cm³/mol. The number of aryl methyl sites for hydroxylation is 1. The highest BCUT2D eigenvalue weighted by Crippen LogP contribution is 2.21. The summed E-state index contributed by atoms with van der Waals surface area (Å²) < 4.78 is 28.0. The zero-order valence-electron chi connectivity index (χ0n) is 15.5. The van der Waals surface area contributed by atoms with E-state index in [0.717, 1.165) is 19.5 Å². The fourth-order valence-electron chi connectivity index (χ4n) is 3.35. The van der Waals surface area contributed by atoms with E-state index < -0.39 is 16.0 Å². The third-order valence-electron chi connectivity index (χ3n) is 5.08. The lowest BCUT2D eigenvalue weighted by molar-refractivity contribution is 0.0696. The highest BCUT2D eigenvalue weighted by Gasteiger charge is 2.24. The molecule has 0 fully saturated rings. The van der Waals surface area contributed by atoms with Gasteiger partial charge in [-0.2, -0.15) is 0 Å². The number of fused-ring (bicyclic) bond motifs is 1. The summed E-state index contributed by atoms with van der Waals surface area (Å²) in [6.45, 7) is 5.60. The van der Waals surface area contributed by atoms with E-state index in [1.807, 2.05) is 19.1 Å². The fourth-order valence-corrected chi connectivity index (χ4v) is 4.74. The third kappa shape index (κ3) is 4.37. The maximum absolute atomic E-state index is 12.7. The van der Waals surface area contributed by atoms with Gasteiger partial charge in [0.15, 0.2) is 0 Å². The molecule has 0 unspecified atom stereocenters. The SMILES string of the molecule is Cc1ccc(C(=O)O)cc1S(=O)(=O)NC[C@H](C)N1CCc2ccccc2C1. The van der Waals surface area contributed by atoms with Crippen LogP contribution in [0.5, 0.6) is 0 Å². The molecular weight excluding hydrogens is 364 g/mol. The number of carbonyl (C=O) groups is 1. The largest absolute Gasteiger partial charge is 0.478 e. The average molecular weight is 388 g/mol. The summed E-state index contributed by atoms with van der Waals surface area (Å²) in [5, 5.41) is 9.11. The van der Waals surface area contributed by atoms with E-state index in [-0.39, 0.29) is 23.0 Å². The Morgan fingerprint density at radius 1 is 1.22 bits per heavy atom. The maximum atomic E-state index is 12.7. The van der Waals surface area contributed by atoms with Crippen LogP contribution in [0, 0.1) is 6.92 Å². The Hall–Kier alpha value is -2.22. The Morgan fingerprint density at radius 3 is 2.63 bits per heavy atom. The molecule has 2 aromatic rings. The number of hydrogen-bond acceptors (Lipinski definition) is 4. The van der Waals surface area contributed by atoms with Crippen molar-refractivity contribution < 1.29 is 18.3 Å². The molecule has 1 aliphatic rings. The van der Waals surface area contributed by atoms with Gasteiger partial charge in [-0.1, -0.05) is 30.3 Å². The van der Waals surface area contributed by atoms with Gasteiger partial charge in [0.05, 0.1) is 10.5 Å². The molecule has 0 radical (unpaired) electrons. The van der Waals surface area contributed by atoms with Crippen molar-refractivity contribution in [3.63, 3.8) is 0 Å². The van der Waals surface area contributed by atoms with Crippen molar-refractivity contribution in [2.45, 2.75) is 37.8 Å². The molecule has 1 atom stereocenters. The number of carboxylic acids is 1. The Labute approximate surface area is 159 Å². The van der Waals surface area contributed by atoms with Gasteiger partial charge in [0.25, 0.3) is 0 Å². The molecule has 0 bridgehead atoms. The van der Waals surface area contributed by atoms with E-state index in [0.29, 0.717) is 5.56 Å². The summed E-state index contributed by atoms with van der Waals surface area (Å²) in [4.78, 5) is 13.4. The summed E-state index contributed by atoms with van der Waals surface area (Å²) in [5.41, 5.74) is 3.11. The van der Waals surface area contributed by atoms with E-state index in [4.69, 9.17) is 5.11 Å². The van der Waals surface area contributed by atoms with Crippen molar-refractivity contribution >= 4 is 16.0 Å². The van der Waals surface area contributed by atoms with Crippen LogP contribution in [0.4, 0.5) is 0 Å². The summed E-state index contributed by atoms with van der Waals surface area (Å²) in [7, 11) is -3.78. The summed E-state index contributed by atoms with van der Waals surface area (Å²) in [5.74, 6) is -1.15. The number of nitrogens with one attached hydrogen (secondary N) is 1. The molecule has 1 heterocycles. The molecule has 7 heteroatoms. The monoisotopic (exact) mass is 388 g/mol. The first kappa shape index (κ1) is 19.5. The lowest BCUT2D eigenvalue weighted by Gasteiger charge is -2.33. The summed E-state index contributed by atoms with van der Waals surface area (Å²) >= 11 is 0. The fraction of sp³-hybridized carbons (Fsp3) is 0.350. The van der Waals surface area contributed by atoms with Crippen LogP contribution in [0.25, 0.3) is 0 Å². The van der Waals surface area contributed by atoms with E-state index in [2.05, 4.69) is 21.8 Å². The van der Waals surface area contributed by atoms with Gasteiger partial charge in [0.2, 0.25) is 10.0 Å². The second-order valence-electron chi connectivity index (χ2n) is 6.98. The van der Waals surface area contributed by atoms with Crippen molar-refractivity contribution in [2.24, 2.45) is 0 Å². The molecule has 0 aromatic heterocycles. The van der Waals surface area contributed by atoms with Gasteiger partial charge in [-0.25, -0.2) is 17.9 Å². The van der Waals surface area contributed by atoms with Gasteiger partial charge in [-0.05, 0) is 49.1 Å². The third-order valence-corrected chi connectivity index (χ3v) is 6.64. The summed E-state index contributed by atoms with van der Waals surface area (Å²) in [6.07, 6.45) is 0.951. The highest BCUT2D eigenvalue weighted by atomic mass is 32.2. The minimum atomic E-state index is -3.78. The van der Waals surface area contributed by atoms with Crippen molar-refractivity contribution in [2.75, 3.05) is 13.1 Å². The molecule has 0 aliphatic carbocycles. The molecule has 27 heavy (non-hydrogen) atoms. The second-order valence-corrected chi connectivity index (χ2v) is 8.71. The van der Waals surface area contributed by atoms with E-state index in [1.165, 1.54) is 29.3 Å². The first-order chi connectivity index (χ1) is 12.8. The van der Waals surface area contributed by atoms with Crippen LogP contribution in [-0.4, -0.2) is 43.5 Å². The quantitative estimate of drug-likeness (QED) is 0.794. The van der Waals surface area contributed by atoms with Crippen LogP contribution < -0.4 is 4.72 Å². The van der Waals surface area contributed by atoms with E-state index in [1.54, 1.807) is 6.92 Å². The van der Waals surface area contributed by atoms with Crippen molar-refractivity contribution in [1.82, 2.24) is 9.62 Å². The standard InChI is InChI=1S/C20H24N2O4S/c1-14-7-8-17(20(23)24)11-19(14)27(25,26)21-12-15(2)22-10-9-16-5-3-4-6-18(16)13-22/h3-8,11,15,21H,9-10,12-13H2,1-2H3,(H,23,24)/t15-/m0/s1. The predicted octanol–water partition coefficient (Wildman–Crippen LogP) is 2.42. The van der Waals surface area contributed by atoms with Gasteiger partial charge in [-0.15, -0.1) is 0 Å². The van der Waals surface area contributed by atoms with Gasteiger partial charge in [-0.3, -0.25) is 4.90 Å². The van der Waals surface area contributed by atoms with Crippen LogP contribution in [-0.2, 0) is 23.0 Å². The van der Waals surface area contributed by atoms with Crippen molar-refractivity contribution in [1.29, 1.82) is 0 Å². The molecule has 0 saturated carbocycles. The Morgan fingerprint density at radius 2 is 1.93 bits per heavy atom. The Kier molecular flexibility index (Phi) is 5.64. The normalized spacial score (nSPS) is 15.9. The average Bonchev–Trinajstić information content (AvgIpc) is 2.65. The topological polar surface area (TPSA) is 86.7 Å². The minimum absolute atomic E-state index is 0.0126. The lowest BCUT2D eigenvalue weighted by atomic mass is 9.99. The first-order valence-electron chi connectivity index (χ1n) is 8.92. The smallest absolute Gasteiger partial charge is 0.335 e. The Bertz CT molecular complexity index is 956. The highest BCUT2D eigenvalue weighted by molar-refractivity contribution is 7.89. The Balaban J connectivity index is 1.69. The number of rotatable bonds is 6. The molecule has 0 spiro atoms. The minimum Gasteiger partial charge on any atom is -0.478 e. The van der Waals surface area contributed by atoms with E-state index in [9.17, 15) is 13.2 Å². The number of aromatic carboxylic acids is 1. The van der Waals surface area contributed by atoms with Gasteiger partial charge in [0.1, 0.15) is 0 Å². The second kappa shape index (κ2) is 7.80. The van der Waals surface area contributed by atoms with Crippen LogP contribution in [0.2, 0.25) is 0 Å². The molecule has 2 aromatic carbocycles. The van der Waals surface area contributed by atoms with Crippen LogP contribution in [0.3, 0.4) is 0 Å².